The molecule has 94 valence electrons. The van der Waals surface area contributed by atoms with Crippen LogP contribution in [0, 0.1) is 5.92 Å². The third-order valence-corrected chi connectivity index (χ3v) is 3.70. The van der Waals surface area contributed by atoms with E-state index >= 15 is 0 Å². The number of rotatable bonds is 5. The summed E-state index contributed by atoms with van der Waals surface area (Å²) in [5.41, 5.74) is -0.405. The van der Waals surface area contributed by atoms with Crippen LogP contribution in [0.15, 0.2) is 0 Å². The van der Waals surface area contributed by atoms with Crippen molar-refractivity contribution in [2.75, 3.05) is 13.2 Å². The van der Waals surface area contributed by atoms with Gasteiger partial charge in [0, 0.05) is 0 Å². The molecule has 3 nitrogen and oxygen atoms in total. The van der Waals surface area contributed by atoms with E-state index in [-0.39, 0.29) is 5.97 Å². The molecule has 0 aromatic rings. The van der Waals surface area contributed by atoms with Gasteiger partial charge in [0.2, 0.25) is 0 Å². The Balaban J connectivity index is 2.86. The molecule has 0 aromatic heterocycles. The molecule has 1 aliphatic carbocycles. The maximum atomic E-state index is 12.2. The molecule has 0 aliphatic heterocycles. The van der Waals surface area contributed by atoms with Gasteiger partial charge in [-0.1, -0.05) is 33.1 Å². The van der Waals surface area contributed by atoms with E-state index in [1.54, 1.807) is 0 Å². The van der Waals surface area contributed by atoms with Crippen molar-refractivity contribution in [3.05, 3.63) is 0 Å². The number of carbonyl (C=O) groups excluding carboxylic acids is 1. The molecule has 0 saturated heterocycles. The summed E-state index contributed by atoms with van der Waals surface area (Å²) in [5, 5.41) is 3.41. The van der Waals surface area contributed by atoms with Crippen LogP contribution in [-0.4, -0.2) is 24.7 Å². The van der Waals surface area contributed by atoms with Crippen molar-refractivity contribution in [2.45, 2.75) is 58.4 Å². The standard InChI is InChI=1S/C13H25NO2/c1-4-11-9-7-8-10-13(11,14-5-2)12(15)16-6-3/h11,14H,4-10H2,1-3H3. The molecule has 0 bridgehead atoms. The fraction of sp³-hybridized carbons (Fsp3) is 0.923. The van der Waals surface area contributed by atoms with Gasteiger partial charge in [-0.25, -0.2) is 0 Å². The van der Waals surface area contributed by atoms with Crippen LogP contribution in [0.3, 0.4) is 0 Å². The van der Waals surface area contributed by atoms with Crippen molar-refractivity contribution in [1.82, 2.24) is 5.32 Å². The van der Waals surface area contributed by atoms with E-state index in [2.05, 4.69) is 19.2 Å². The van der Waals surface area contributed by atoms with Gasteiger partial charge >= 0.3 is 5.97 Å². The van der Waals surface area contributed by atoms with Crippen molar-refractivity contribution < 1.29 is 9.53 Å². The Morgan fingerprint density at radius 3 is 2.69 bits per heavy atom. The molecule has 0 aromatic carbocycles. The minimum atomic E-state index is -0.405. The molecule has 1 aliphatic rings. The molecule has 1 saturated carbocycles. The lowest BCUT2D eigenvalue weighted by atomic mass is 9.71. The second kappa shape index (κ2) is 6.24. The lowest BCUT2D eigenvalue weighted by molar-refractivity contribution is -0.156. The molecule has 1 N–H and O–H groups in total. The van der Waals surface area contributed by atoms with Gasteiger partial charge < -0.3 is 10.1 Å². The molecule has 3 heteroatoms. The number of likely N-dealkylation sites (N-methyl/N-ethyl adjacent to an activating group) is 1. The average molecular weight is 227 g/mol. The molecular weight excluding hydrogens is 202 g/mol. The van der Waals surface area contributed by atoms with Crippen molar-refractivity contribution in [3.63, 3.8) is 0 Å². The summed E-state index contributed by atoms with van der Waals surface area (Å²) in [4.78, 5) is 12.2. The number of nitrogens with one attached hydrogen (secondary N) is 1. The SMILES string of the molecule is CCNC1(C(=O)OCC)CCCCC1CC. The summed E-state index contributed by atoms with van der Waals surface area (Å²) in [6, 6.07) is 0. The Kier molecular flexibility index (Phi) is 5.26. The third kappa shape index (κ3) is 2.57. The third-order valence-electron chi connectivity index (χ3n) is 3.70. The van der Waals surface area contributed by atoms with Crippen LogP contribution in [-0.2, 0) is 9.53 Å². The first kappa shape index (κ1) is 13.5. The van der Waals surface area contributed by atoms with E-state index in [1.807, 2.05) is 6.92 Å². The predicted molar refractivity (Wildman–Crippen MR) is 65.3 cm³/mol. The highest BCUT2D eigenvalue weighted by Gasteiger charge is 2.46. The molecule has 1 fully saturated rings. The molecule has 2 atom stereocenters. The average Bonchev–Trinajstić information content (AvgIpc) is 2.30. The van der Waals surface area contributed by atoms with Gasteiger partial charge in [0.1, 0.15) is 5.54 Å². The zero-order valence-electron chi connectivity index (χ0n) is 10.8. The molecule has 1 rings (SSSR count). The minimum Gasteiger partial charge on any atom is -0.465 e. The number of hydrogen-bond donors (Lipinski definition) is 1. The number of hydrogen-bond acceptors (Lipinski definition) is 3. The van der Waals surface area contributed by atoms with E-state index in [1.165, 1.54) is 6.42 Å². The first-order valence-corrected chi connectivity index (χ1v) is 6.63. The number of esters is 1. The Hall–Kier alpha value is -0.570. The van der Waals surface area contributed by atoms with Gasteiger partial charge in [0.15, 0.2) is 0 Å². The van der Waals surface area contributed by atoms with Gasteiger partial charge in [0.05, 0.1) is 6.61 Å². The van der Waals surface area contributed by atoms with Gasteiger partial charge in [-0.3, -0.25) is 4.79 Å². The quantitative estimate of drug-likeness (QED) is 0.733. The molecule has 16 heavy (non-hydrogen) atoms. The Morgan fingerprint density at radius 1 is 1.38 bits per heavy atom. The van der Waals surface area contributed by atoms with Crippen LogP contribution >= 0.6 is 0 Å². The molecular formula is C13H25NO2. The van der Waals surface area contributed by atoms with Crippen molar-refractivity contribution in [2.24, 2.45) is 5.92 Å². The predicted octanol–water partition coefficient (Wildman–Crippen LogP) is 2.50. The summed E-state index contributed by atoms with van der Waals surface area (Å²) in [6.45, 7) is 7.41. The molecule has 2 unspecified atom stereocenters. The molecule has 0 amide bonds. The van der Waals surface area contributed by atoms with Crippen LogP contribution in [0.5, 0.6) is 0 Å². The molecule has 0 spiro atoms. The van der Waals surface area contributed by atoms with Crippen LogP contribution in [0.1, 0.15) is 52.9 Å². The normalized spacial score (nSPS) is 30.1. The summed E-state index contributed by atoms with van der Waals surface area (Å²) in [7, 11) is 0. The zero-order valence-corrected chi connectivity index (χ0v) is 10.8. The van der Waals surface area contributed by atoms with E-state index in [0.717, 1.165) is 32.2 Å². The van der Waals surface area contributed by atoms with Crippen LogP contribution in [0.2, 0.25) is 0 Å². The lowest BCUT2D eigenvalue weighted by Gasteiger charge is -2.42. The fourth-order valence-electron chi connectivity index (χ4n) is 2.95. The van der Waals surface area contributed by atoms with E-state index in [4.69, 9.17) is 4.74 Å². The van der Waals surface area contributed by atoms with E-state index < -0.39 is 5.54 Å². The van der Waals surface area contributed by atoms with Crippen LogP contribution in [0.4, 0.5) is 0 Å². The Morgan fingerprint density at radius 2 is 2.12 bits per heavy atom. The first-order chi connectivity index (χ1) is 7.71. The zero-order chi connectivity index (χ0) is 12.0. The number of ether oxygens (including phenoxy) is 1. The highest BCUT2D eigenvalue weighted by molar-refractivity contribution is 5.81. The van der Waals surface area contributed by atoms with Crippen LogP contribution < -0.4 is 5.32 Å². The van der Waals surface area contributed by atoms with Crippen LogP contribution in [0.25, 0.3) is 0 Å². The highest BCUT2D eigenvalue weighted by atomic mass is 16.5. The smallest absolute Gasteiger partial charge is 0.326 e. The second-order valence-corrected chi connectivity index (χ2v) is 4.57. The summed E-state index contributed by atoms with van der Waals surface area (Å²) < 4.78 is 5.27. The molecule has 0 heterocycles. The summed E-state index contributed by atoms with van der Waals surface area (Å²) in [5.74, 6) is 0.392. The van der Waals surface area contributed by atoms with Crippen molar-refractivity contribution in [1.29, 1.82) is 0 Å². The topological polar surface area (TPSA) is 38.3 Å². The van der Waals surface area contributed by atoms with Crippen molar-refractivity contribution >= 4 is 5.97 Å². The van der Waals surface area contributed by atoms with Gasteiger partial charge in [-0.15, -0.1) is 0 Å². The lowest BCUT2D eigenvalue weighted by Crippen LogP contribution is -2.59. The first-order valence-electron chi connectivity index (χ1n) is 6.63. The van der Waals surface area contributed by atoms with Gasteiger partial charge in [0.25, 0.3) is 0 Å². The maximum Gasteiger partial charge on any atom is 0.326 e. The van der Waals surface area contributed by atoms with Gasteiger partial charge in [-0.05, 0) is 32.2 Å². The maximum absolute atomic E-state index is 12.2. The number of carbonyl (C=O) groups is 1. The summed E-state index contributed by atoms with van der Waals surface area (Å²) in [6.07, 6.45) is 5.49. The van der Waals surface area contributed by atoms with E-state index in [9.17, 15) is 4.79 Å². The fourth-order valence-corrected chi connectivity index (χ4v) is 2.95. The Labute approximate surface area is 98.9 Å². The van der Waals surface area contributed by atoms with Crippen molar-refractivity contribution in [3.8, 4) is 0 Å². The molecule has 0 radical (unpaired) electrons. The van der Waals surface area contributed by atoms with E-state index in [0.29, 0.717) is 12.5 Å². The highest BCUT2D eigenvalue weighted by Crippen LogP contribution is 2.36. The summed E-state index contributed by atoms with van der Waals surface area (Å²) >= 11 is 0. The monoisotopic (exact) mass is 227 g/mol. The Bertz CT molecular complexity index is 226. The minimum absolute atomic E-state index is 0.0385. The van der Waals surface area contributed by atoms with Gasteiger partial charge in [-0.2, -0.15) is 0 Å². The largest absolute Gasteiger partial charge is 0.465 e. The second-order valence-electron chi connectivity index (χ2n) is 4.57.